The second kappa shape index (κ2) is 13.6. The molecule has 2 rings (SSSR count). The summed E-state index contributed by atoms with van der Waals surface area (Å²) >= 11 is 6.68. The largest absolute Gasteiger partial charge is 0.476 e. The fraction of sp³-hybridized carbons (Fsp3) is 0.615. The van der Waals surface area contributed by atoms with Crippen LogP contribution in [-0.2, 0) is 6.42 Å². The number of hydrogen-bond donors (Lipinski definition) is 0. The van der Waals surface area contributed by atoms with Crippen LogP contribution in [0.4, 0.5) is 0 Å². The molecule has 0 spiro atoms. The van der Waals surface area contributed by atoms with Crippen molar-refractivity contribution >= 4 is 11.6 Å². The highest BCUT2D eigenvalue weighted by atomic mass is 35.5. The summed E-state index contributed by atoms with van der Waals surface area (Å²) in [4.78, 5) is 9.37. The quantitative estimate of drug-likeness (QED) is 0.227. The summed E-state index contributed by atoms with van der Waals surface area (Å²) < 4.78 is 6.18. The molecule has 0 aliphatic carbocycles. The van der Waals surface area contributed by atoms with E-state index in [0.717, 1.165) is 36.3 Å². The van der Waals surface area contributed by atoms with Crippen LogP contribution >= 0.6 is 11.6 Å². The molecule has 0 saturated heterocycles. The van der Waals surface area contributed by atoms with Crippen molar-refractivity contribution in [3.05, 3.63) is 42.1 Å². The van der Waals surface area contributed by atoms with E-state index in [4.69, 9.17) is 21.3 Å². The molecule has 0 amide bonds. The molecule has 2 unspecified atom stereocenters. The molecule has 1 heterocycles. The van der Waals surface area contributed by atoms with Gasteiger partial charge in [-0.05, 0) is 31.1 Å². The van der Waals surface area contributed by atoms with E-state index in [0.29, 0.717) is 24.2 Å². The summed E-state index contributed by atoms with van der Waals surface area (Å²) in [5.74, 6) is 2.57. The van der Waals surface area contributed by atoms with E-state index in [1.165, 1.54) is 32.1 Å². The first-order chi connectivity index (χ1) is 14.5. The Hall–Kier alpha value is -1.61. The molecule has 30 heavy (non-hydrogen) atoms. The number of aromatic nitrogens is 2. The fourth-order valence-corrected chi connectivity index (χ4v) is 3.70. The minimum absolute atomic E-state index is 0.0137. The lowest BCUT2D eigenvalue weighted by Gasteiger charge is -2.20. The zero-order chi connectivity index (χ0) is 21.8. The lowest BCUT2D eigenvalue weighted by Crippen LogP contribution is -2.21. The number of ether oxygens (including phenoxy) is 1. The van der Waals surface area contributed by atoms with Gasteiger partial charge in [0.2, 0.25) is 5.88 Å². The molecule has 2 atom stereocenters. The second-order valence-electron chi connectivity index (χ2n) is 8.83. The van der Waals surface area contributed by atoms with E-state index in [-0.39, 0.29) is 5.38 Å². The van der Waals surface area contributed by atoms with Crippen molar-refractivity contribution in [1.29, 1.82) is 0 Å². The third-order valence-corrected chi connectivity index (χ3v) is 6.15. The number of rotatable bonds is 14. The molecule has 1 aromatic carbocycles. The molecule has 2 aromatic rings. The molecule has 166 valence electrons. The Labute approximate surface area is 188 Å². The standard InChI is InChI=1S/C26H39ClN2O/c1-5-6-7-9-17-23-18-28-25(22-15-10-8-11-16-22)29-26(23)30-19-24(27)21(4)14-12-13-20(2)3/h8,10-11,15-16,18,20-21,24H,5-7,9,12-14,17,19H2,1-4H3. The maximum atomic E-state index is 6.68. The van der Waals surface area contributed by atoms with Crippen LogP contribution in [0.1, 0.15) is 78.2 Å². The van der Waals surface area contributed by atoms with Crippen LogP contribution in [0.25, 0.3) is 11.4 Å². The highest BCUT2D eigenvalue weighted by Gasteiger charge is 2.17. The number of unbranched alkanes of at least 4 members (excludes halogenated alkanes) is 3. The van der Waals surface area contributed by atoms with E-state index in [2.05, 4.69) is 32.7 Å². The average molecular weight is 431 g/mol. The predicted molar refractivity (Wildman–Crippen MR) is 128 cm³/mol. The Morgan fingerprint density at radius 2 is 1.73 bits per heavy atom. The van der Waals surface area contributed by atoms with Gasteiger partial charge in [-0.2, -0.15) is 4.98 Å². The van der Waals surface area contributed by atoms with Crippen LogP contribution in [0.15, 0.2) is 36.5 Å². The van der Waals surface area contributed by atoms with Gasteiger partial charge in [0.15, 0.2) is 5.82 Å². The number of halogens is 1. The van der Waals surface area contributed by atoms with Gasteiger partial charge in [-0.15, -0.1) is 11.6 Å². The van der Waals surface area contributed by atoms with E-state index in [1.54, 1.807) is 0 Å². The number of nitrogens with zero attached hydrogens (tertiary/aromatic N) is 2. The summed E-state index contributed by atoms with van der Waals surface area (Å²) in [6.07, 6.45) is 11.3. The van der Waals surface area contributed by atoms with Gasteiger partial charge in [-0.1, -0.05) is 90.1 Å². The number of hydrogen-bond acceptors (Lipinski definition) is 3. The predicted octanol–water partition coefficient (Wildman–Crippen LogP) is 7.72. The third kappa shape index (κ3) is 8.63. The van der Waals surface area contributed by atoms with Gasteiger partial charge in [-0.25, -0.2) is 4.98 Å². The van der Waals surface area contributed by atoms with Crippen molar-refractivity contribution in [2.45, 2.75) is 84.4 Å². The number of aryl methyl sites for hydroxylation is 1. The molecule has 0 fully saturated rings. The maximum absolute atomic E-state index is 6.68. The van der Waals surface area contributed by atoms with Gasteiger partial charge in [0.1, 0.15) is 6.61 Å². The van der Waals surface area contributed by atoms with Gasteiger partial charge in [0.05, 0.1) is 5.38 Å². The first kappa shape index (κ1) is 24.7. The fourth-order valence-electron chi connectivity index (χ4n) is 3.51. The van der Waals surface area contributed by atoms with E-state index < -0.39 is 0 Å². The topological polar surface area (TPSA) is 35.0 Å². The van der Waals surface area contributed by atoms with E-state index in [9.17, 15) is 0 Å². The molecular weight excluding hydrogens is 392 g/mol. The van der Waals surface area contributed by atoms with Crippen molar-refractivity contribution in [1.82, 2.24) is 9.97 Å². The van der Waals surface area contributed by atoms with Crippen molar-refractivity contribution in [2.24, 2.45) is 11.8 Å². The Morgan fingerprint density at radius 1 is 0.967 bits per heavy atom. The molecule has 0 aliphatic heterocycles. The highest BCUT2D eigenvalue weighted by molar-refractivity contribution is 6.20. The molecular formula is C26H39ClN2O. The third-order valence-electron chi connectivity index (χ3n) is 5.59. The Morgan fingerprint density at radius 3 is 2.43 bits per heavy atom. The monoisotopic (exact) mass is 430 g/mol. The molecule has 0 aliphatic rings. The maximum Gasteiger partial charge on any atom is 0.220 e. The summed E-state index contributed by atoms with van der Waals surface area (Å²) in [5, 5.41) is -0.0137. The smallest absolute Gasteiger partial charge is 0.220 e. The molecule has 0 N–H and O–H groups in total. The summed E-state index contributed by atoms with van der Waals surface area (Å²) in [5.41, 5.74) is 2.09. The first-order valence-electron chi connectivity index (χ1n) is 11.7. The number of benzene rings is 1. The average Bonchev–Trinajstić information content (AvgIpc) is 2.75. The Bertz CT molecular complexity index is 720. The van der Waals surface area contributed by atoms with Crippen LogP contribution in [0.2, 0.25) is 0 Å². The minimum atomic E-state index is -0.0137. The van der Waals surface area contributed by atoms with E-state index in [1.807, 2.05) is 36.5 Å². The van der Waals surface area contributed by atoms with Crippen molar-refractivity contribution < 1.29 is 4.74 Å². The summed E-state index contributed by atoms with van der Waals surface area (Å²) in [6, 6.07) is 10.1. The molecule has 0 bridgehead atoms. The normalized spacial score (nSPS) is 13.4. The van der Waals surface area contributed by atoms with Gasteiger partial charge in [0.25, 0.3) is 0 Å². The minimum Gasteiger partial charge on any atom is -0.476 e. The molecule has 0 saturated carbocycles. The van der Waals surface area contributed by atoms with Crippen LogP contribution in [0, 0.1) is 11.8 Å². The summed E-state index contributed by atoms with van der Waals surface area (Å²) in [7, 11) is 0. The van der Waals surface area contributed by atoms with Crippen LogP contribution in [0.5, 0.6) is 5.88 Å². The van der Waals surface area contributed by atoms with Crippen molar-refractivity contribution in [3.63, 3.8) is 0 Å². The van der Waals surface area contributed by atoms with Crippen LogP contribution < -0.4 is 4.74 Å². The number of alkyl halides is 1. The molecule has 0 radical (unpaired) electrons. The van der Waals surface area contributed by atoms with Crippen LogP contribution in [0.3, 0.4) is 0 Å². The van der Waals surface area contributed by atoms with Gasteiger partial charge >= 0.3 is 0 Å². The van der Waals surface area contributed by atoms with Crippen molar-refractivity contribution in [3.8, 4) is 17.3 Å². The Kier molecular flexibility index (Phi) is 11.2. The van der Waals surface area contributed by atoms with Crippen LogP contribution in [-0.4, -0.2) is 22.0 Å². The van der Waals surface area contributed by atoms with Crippen molar-refractivity contribution in [2.75, 3.05) is 6.61 Å². The molecule has 4 heteroatoms. The first-order valence-corrected chi connectivity index (χ1v) is 12.1. The second-order valence-corrected chi connectivity index (χ2v) is 9.39. The zero-order valence-corrected chi connectivity index (χ0v) is 20.0. The SMILES string of the molecule is CCCCCCc1cnc(-c2ccccc2)nc1OCC(Cl)C(C)CCCC(C)C. The van der Waals surface area contributed by atoms with E-state index >= 15 is 0 Å². The lowest BCUT2D eigenvalue weighted by molar-refractivity contribution is 0.268. The van der Waals surface area contributed by atoms with Gasteiger partial charge in [0, 0.05) is 17.3 Å². The van der Waals surface area contributed by atoms with Gasteiger partial charge < -0.3 is 4.74 Å². The zero-order valence-electron chi connectivity index (χ0n) is 19.2. The highest BCUT2D eigenvalue weighted by Crippen LogP contribution is 2.25. The lowest BCUT2D eigenvalue weighted by atomic mass is 9.97. The van der Waals surface area contributed by atoms with Gasteiger partial charge in [-0.3, -0.25) is 0 Å². The summed E-state index contributed by atoms with van der Waals surface area (Å²) in [6.45, 7) is 9.48. The molecule has 3 nitrogen and oxygen atoms in total. The Balaban J connectivity index is 2.04. The molecule has 1 aromatic heterocycles.